The van der Waals surface area contributed by atoms with Crippen LogP contribution in [0.2, 0.25) is 0 Å². The van der Waals surface area contributed by atoms with Gasteiger partial charge in [0, 0.05) is 11.5 Å². The molecule has 4 heteroatoms. The van der Waals surface area contributed by atoms with E-state index in [-0.39, 0.29) is 0 Å². The van der Waals surface area contributed by atoms with Crippen molar-refractivity contribution in [3.63, 3.8) is 0 Å². The Morgan fingerprint density at radius 1 is 1.70 bits per heavy atom. The number of thioether (sulfide) groups is 1. The summed E-state index contributed by atoms with van der Waals surface area (Å²) in [6, 6.07) is 0. The Kier molecular flexibility index (Phi) is 4.74. The van der Waals surface area contributed by atoms with Crippen LogP contribution in [0.1, 0.15) is 13.3 Å². The zero-order chi connectivity index (χ0) is 7.23. The summed E-state index contributed by atoms with van der Waals surface area (Å²) in [6.07, 6.45) is 1.26. The van der Waals surface area contributed by atoms with Gasteiger partial charge in [-0.05, 0) is 17.2 Å². The number of aliphatic imine (C=N–C) groups is 1. The van der Waals surface area contributed by atoms with Crippen LogP contribution in [0.15, 0.2) is 4.99 Å². The summed E-state index contributed by atoms with van der Waals surface area (Å²) in [7, 11) is 3.75. The van der Waals surface area contributed by atoms with E-state index >= 15 is 0 Å². The average molecular weight is 193 g/mol. The summed E-state index contributed by atoms with van der Waals surface area (Å²) in [6.45, 7) is 3.23. The van der Waals surface area contributed by atoms with Crippen LogP contribution in [0.5, 0.6) is 0 Å². The fourth-order valence-corrected chi connectivity index (χ4v) is 4.09. The van der Waals surface area contributed by atoms with Gasteiger partial charge in [0.1, 0.15) is 4.38 Å². The monoisotopic (exact) mass is 193 g/mol. The highest BCUT2D eigenvalue weighted by atomic mass is 33.1. The lowest BCUT2D eigenvalue weighted by Gasteiger charge is -1.95. The lowest BCUT2D eigenvalue weighted by Crippen LogP contribution is -1.75. The van der Waals surface area contributed by atoms with E-state index in [1.54, 1.807) is 0 Å². The van der Waals surface area contributed by atoms with E-state index in [9.17, 15) is 0 Å². The molecule has 0 atom stereocenters. The quantitative estimate of drug-likeness (QED) is 0.505. The molecule has 0 radical (unpaired) electrons. The van der Waals surface area contributed by atoms with Crippen molar-refractivity contribution in [3.8, 4) is 0 Å². The molecule has 58 valence electrons. The van der Waals surface area contributed by atoms with Crippen molar-refractivity contribution in [1.82, 2.24) is 0 Å². The summed E-state index contributed by atoms with van der Waals surface area (Å²) in [5, 5.41) is 0. The first-order chi connectivity index (χ1) is 4.93. The minimum atomic E-state index is 1.03. The molecule has 1 rings (SSSR count). The first kappa shape index (κ1) is 8.81. The summed E-state index contributed by atoms with van der Waals surface area (Å²) >= 11 is 1.88. The Balaban J connectivity index is 2.01. The Labute approximate surface area is 74.2 Å². The van der Waals surface area contributed by atoms with Gasteiger partial charge in [-0.15, -0.1) is 0 Å². The molecule has 0 fully saturated rings. The molecule has 0 bridgehead atoms. The average Bonchev–Trinajstić information content (AvgIpc) is 2.41. The number of nitrogens with zero attached hydrogens (tertiary/aromatic N) is 1. The molecule has 0 saturated heterocycles. The second kappa shape index (κ2) is 5.38. The zero-order valence-corrected chi connectivity index (χ0v) is 8.45. The maximum absolute atomic E-state index is 4.33. The molecular formula is C6H11NS3. The molecule has 1 heterocycles. The van der Waals surface area contributed by atoms with Gasteiger partial charge in [-0.2, -0.15) is 0 Å². The topological polar surface area (TPSA) is 12.4 Å². The van der Waals surface area contributed by atoms with Crippen molar-refractivity contribution >= 4 is 37.7 Å². The van der Waals surface area contributed by atoms with Crippen LogP contribution >= 0.6 is 33.3 Å². The number of rotatable bonds is 3. The molecule has 0 aromatic carbocycles. The second-order valence-corrected chi connectivity index (χ2v) is 5.65. The number of hydrogen-bond donors (Lipinski definition) is 0. The maximum Gasteiger partial charge on any atom is 0.135 e. The third-order valence-electron chi connectivity index (χ3n) is 0.975. The van der Waals surface area contributed by atoms with E-state index in [0.717, 1.165) is 6.54 Å². The molecular weight excluding hydrogens is 182 g/mol. The first-order valence-electron chi connectivity index (χ1n) is 3.40. The summed E-state index contributed by atoms with van der Waals surface area (Å²) in [5.74, 6) is 2.43. The molecule has 0 unspecified atom stereocenters. The van der Waals surface area contributed by atoms with Gasteiger partial charge in [-0.1, -0.05) is 29.5 Å². The molecule has 0 aliphatic carbocycles. The third kappa shape index (κ3) is 3.21. The fourth-order valence-electron chi connectivity index (χ4n) is 0.541. The molecule has 0 N–H and O–H groups in total. The van der Waals surface area contributed by atoms with E-state index in [2.05, 4.69) is 11.9 Å². The molecule has 1 nitrogen and oxygen atoms in total. The van der Waals surface area contributed by atoms with Crippen molar-refractivity contribution in [3.05, 3.63) is 0 Å². The highest BCUT2D eigenvalue weighted by molar-refractivity contribution is 8.86. The summed E-state index contributed by atoms with van der Waals surface area (Å²) < 4.78 is 1.28. The van der Waals surface area contributed by atoms with Gasteiger partial charge in [-0.25, -0.2) is 0 Å². The minimum absolute atomic E-state index is 1.03. The third-order valence-corrected chi connectivity index (χ3v) is 4.95. The number of hydrogen-bond acceptors (Lipinski definition) is 4. The maximum atomic E-state index is 4.33. The van der Waals surface area contributed by atoms with Crippen LogP contribution in [0.25, 0.3) is 0 Å². The van der Waals surface area contributed by atoms with Crippen LogP contribution in [0, 0.1) is 0 Å². The van der Waals surface area contributed by atoms with Crippen molar-refractivity contribution in [1.29, 1.82) is 0 Å². The van der Waals surface area contributed by atoms with Crippen LogP contribution in [-0.2, 0) is 0 Å². The van der Waals surface area contributed by atoms with Gasteiger partial charge in [0.2, 0.25) is 0 Å². The van der Waals surface area contributed by atoms with Crippen LogP contribution < -0.4 is 0 Å². The van der Waals surface area contributed by atoms with Crippen molar-refractivity contribution < 1.29 is 0 Å². The standard InChI is InChI=1S/C6H11NS3/c1-2-4-9-10-6-7-3-5-8-6/h2-5H2,1H3. The Morgan fingerprint density at radius 3 is 3.20 bits per heavy atom. The second-order valence-electron chi connectivity index (χ2n) is 1.90. The molecule has 0 spiro atoms. The van der Waals surface area contributed by atoms with Crippen LogP contribution in [0.4, 0.5) is 0 Å². The molecule has 0 amide bonds. The molecule has 0 saturated carbocycles. The van der Waals surface area contributed by atoms with Crippen molar-refractivity contribution in [2.24, 2.45) is 4.99 Å². The van der Waals surface area contributed by atoms with Crippen molar-refractivity contribution in [2.45, 2.75) is 13.3 Å². The lowest BCUT2D eigenvalue weighted by molar-refractivity contribution is 1.11. The minimum Gasteiger partial charge on any atom is -0.270 e. The van der Waals surface area contributed by atoms with Gasteiger partial charge in [-0.3, -0.25) is 4.99 Å². The SMILES string of the molecule is CCCSSC1=NCCS1. The normalized spacial score (nSPS) is 17.5. The van der Waals surface area contributed by atoms with Gasteiger partial charge < -0.3 is 0 Å². The van der Waals surface area contributed by atoms with E-state index in [1.807, 2.05) is 33.3 Å². The molecule has 10 heavy (non-hydrogen) atoms. The summed E-state index contributed by atoms with van der Waals surface area (Å²) in [5.41, 5.74) is 0. The highest BCUT2D eigenvalue weighted by Gasteiger charge is 2.06. The molecule has 0 aromatic rings. The molecule has 0 aromatic heterocycles. The fraction of sp³-hybridized carbons (Fsp3) is 0.833. The predicted molar refractivity (Wildman–Crippen MR) is 55.1 cm³/mol. The Morgan fingerprint density at radius 2 is 2.60 bits per heavy atom. The Bertz CT molecular complexity index is 124. The van der Waals surface area contributed by atoms with Crippen LogP contribution in [0.3, 0.4) is 0 Å². The van der Waals surface area contributed by atoms with Crippen LogP contribution in [-0.4, -0.2) is 22.4 Å². The largest absolute Gasteiger partial charge is 0.270 e. The smallest absolute Gasteiger partial charge is 0.135 e. The Hall–Kier alpha value is 0.720. The van der Waals surface area contributed by atoms with Gasteiger partial charge in [0.15, 0.2) is 0 Å². The van der Waals surface area contributed by atoms with E-state index in [1.165, 1.54) is 22.3 Å². The van der Waals surface area contributed by atoms with E-state index < -0.39 is 0 Å². The van der Waals surface area contributed by atoms with Gasteiger partial charge in [0.05, 0.1) is 6.54 Å². The van der Waals surface area contributed by atoms with E-state index in [4.69, 9.17) is 0 Å². The first-order valence-corrected chi connectivity index (χ1v) is 6.70. The predicted octanol–water partition coefficient (Wildman–Crippen LogP) is 2.88. The lowest BCUT2D eigenvalue weighted by atomic mass is 10.6. The highest BCUT2D eigenvalue weighted by Crippen LogP contribution is 2.31. The molecule has 1 aliphatic rings. The van der Waals surface area contributed by atoms with Gasteiger partial charge >= 0.3 is 0 Å². The van der Waals surface area contributed by atoms with Crippen molar-refractivity contribution in [2.75, 3.05) is 18.1 Å². The zero-order valence-electron chi connectivity index (χ0n) is 6.00. The summed E-state index contributed by atoms with van der Waals surface area (Å²) in [4.78, 5) is 4.33. The van der Waals surface area contributed by atoms with Gasteiger partial charge in [0.25, 0.3) is 0 Å². The molecule has 1 aliphatic heterocycles. The van der Waals surface area contributed by atoms with E-state index in [0.29, 0.717) is 0 Å².